The summed E-state index contributed by atoms with van der Waals surface area (Å²) in [6.07, 6.45) is 11.0. The van der Waals surface area contributed by atoms with E-state index in [0.29, 0.717) is 17.8 Å². The summed E-state index contributed by atoms with van der Waals surface area (Å²) in [7, 11) is 0. The van der Waals surface area contributed by atoms with Gasteiger partial charge < -0.3 is 14.6 Å². The average Bonchev–Trinajstić information content (AvgIpc) is 3.04. The summed E-state index contributed by atoms with van der Waals surface area (Å²) in [5.74, 6) is 1.57. The lowest BCUT2D eigenvalue weighted by Gasteiger charge is -2.58. The lowest BCUT2D eigenvalue weighted by atomic mass is 9.47. The van der Waals surface area contributed by atoms with Gasteiger partial charge in [-0.1, -0.05) is 25.5 Å². The number of carbonyl (C=O) groups excluding carboxylic acids is 2. The van der Waals surface area contributed by atoms with Crippen LogP contribution in [-0.2, 0) is 19.1 Å². The molecule has 5 heteroatoms. The van der Waals surface area contributed by atoms with Gasteiger partial charge in [0.1, 0.15) is 12.7 Å². The van der Waals surface area contributed by atoms with E-state index in [1.54, 1.807) is 0 Å². The van der Waals surface area contributed by atoms with Gasteiger partial charge in [0.25, 0.3) is 0 Å². The fourth-order valence-corrected chi connectivity index (χ4v) is 8.33. The molecule has 0 aromatic heterocycles. The summed E-state index contributed by atoms with van der Waals surface area (Å²) in [6.45, 7) is 9.69. The monoisotopic (exact) mass is 432 g/mol. The number of rotatable bonds is 4. The molecule has 0 aliphatic heterocycles. The van der Waals surface area contributed by atoms with Crippen LogP contribution in [0.25, 0.3) is 0 Å². The van der Waals surface area contributed by atoms with Crippen LogP contribution in [0.15, 0.2) is 11.6 Å². The zero-order valence-corrected chi connectivity index (χ0v) is 19.9. The maximum atomic E-state index is 11.4. The predicted octanol–water partition coefficient (Wildman–Crippen LogP) is 4.81. The third kappa shape index (κ3) is 3.85. The first kappa shape index (κ1) is 22.8. The summed E-state index contributed by atoms with van der Waals surface area (Å²) in [5, 5.41) is 11.3. The summed E-state index contributed by atoms with van der Waals surface area (Å²) >= 11 is 0. The average molecular weight is 433 g/mol. The van der Waals surface area contributed by atoms with Gasteiger partial charge in [-0.25, -0.2) is 0 Å². The van der Waals surface area contributed by atoms with Gasteiger partial charge in [0.05, 0.1) is 5.60 Å². The van der Waals surface area contributed by atoms with Crippen molar-refractivity contribution in [2.45, 2.75) is 97.7 Å². The van der Waals surface area contributed by atoms with Crippen LogP contribution in [0, 0.1) is 34.5 Å². The molecule has 8 atom stereocenters. The van der Waals surface area contributed by atoms with Crippen molar-refractivity contribution in [2.75, 3.05) is 6.61 Å². The van der Waals surface area contributed by atoms with Gasteiger partial charge in [-0.05, 0) is 86.4 Å². The second kappa shape index (κ2) is 7.90. The third-order valence-electron chi connectivity index (χ3n) is 9.71. The minimum absolute atomic E-state index is 0.0365. The van der Waals surface area contributed by atoms with Crippen molar-refractivity contribution < 1.29 is 24.2 Å². The molecule has 5 nitrogen and oxygen atoms in total. The molecule has 0 unspecified atom stereocenters. The van der Waals surface area contributed by atoms with Crippen LogP contribution in [0.3, 0.4) is 0 Å². The van der Waals surface area contributed by atoms with Gasteiger partial charge in [0, 0.05) is 20.3 Å². The molecule has 4 rings (SSSR count). The van der Waals surface area contributed by atoms with Crippen molar-refractivity contribution in [3.05, 3.63) is 11.6 Å². The number of hydrogen-bond donors (Lipinski definition) is 1. The predicted molar refractivity (Wildman–Crippen MR) is 118 cm³/mol. The highest BCUT2D eigenvalue weighted by atomic mass is 16.5. The number of allylic oxidation sites excluding steroid dienone is 1. The van der Waals surface area contributed by atoms with Gasteiger partial charge in [0.2, 0.25) is 0 Å². The second-order valence-electron chi connectivity index (χ2n) is 11.5. The van der Waals surface area contributed by atoms with Crippen LogP contribution in [0.2, 0.25) is 0 Å². The second-order valence-corrected chi connectivity index (χ2v) is 11.5. The minimum Gasteiger partial charge on any atom is -0.463 e. The fourth-order valence-electron chi connectivity index (χ4n) is 8.33. The van der Waals surface area contributed by atoms with E-state index in [4.69, 9.17) is 9.47 Å². The van der Waals surface area contributed by atoms with E-state index in [9.17, 15) is 14.7 Å². The molecule has 0 spiro atoms. The summed E-state index contributed by atoms with van der Waals surface area (Å²) in [5.41, 5.74) is 0.816. The number of aliphatic hydroxyl groups is 1. The van der Waals surface area contributed by atoms with Crippen LogP contribution in [0.4, 0.5) is 0 Å². The molecule has 31 heavy (non-hydrogen) atoms. The topological polar surface area (TPSA) is 72.8 Å². The Hall–Kier alpha value is -1.36. The number of esters is 2. The van der Waals surface area contributed by atoms with Crippen LogP contribution in [0.5, 0.6) is 0 Å². The van der Waals surface area contributed by atoms with Crippen molar-refractivity contribution in [3.63, 3.8) is 0 Å². The molecule has 0 aromatic carbocycles. The third-order valence-corrected chi connectivity index (χ3v) is 9.71. The molecule has 0 heterocycles. The Kier molecular flexibility index (Phi) is 5.81. The largest absolute Gasteiger partial charge is 0.463 e. The normalized spacial score (nSPS) is 43.5. The molecule has 0 aromatic rings. The zero-order valence-electron chi connectivity index (χ0n) is 19.9. The van der Waals surface area contributed by atoms with Gasteiger partial charge in [-0.3, -0.25) is 9.59 Å². The first-order valence-electron chi connectivity index (χ1n) is 12.2. The molecule has 0 saturated heterocycles. The van der Waals surface area contributed by atoms with E-state index in [2.05, 4.69) is 19.9 Å². The Bertz CT molecular complexity index is 770. The van der Waals surface area contributed by atoms with Crippen LogP contribution in [0.1, 0.15) is 86.0 Å². The molecule has 4 aliphatic rings. The van der Waals surface area contributed by atoms with Crippen molar-refractivity contribution >= 4 is 11.9 Å². The van der Waals surface area contributed by atoms with E-state index in [-0.39, 0.29) is 41.4 Å². The van der Waals surface area contributed by atoms with E-state index in [1.807, 2.05) is 6.92 Å². The zero-order chi connectivity index (χ0) is 22.6. The summed E-state index contributed by atoms with van der Waals surface area (Å²) < 4.78 is 10.8. The SMILES string of the molecule is CC(=O)OC[C@](C)(O)[C@H]1CC[C@H]2[C@@H]3CC=C4C[C@@H](OC(C)=O)CC[C@]4(C)[C@H]3CC[C@@]21C. The highest BCUT2D eigenvalue weighted by Gasteiger charge is 2.61. The quantitative estimate of drug-likeness (QED) is 0.510. The molecule has 0 radical (unpaired) electrons. The summed E-state index contributed by atoms with van der Waals surface area (Å²) in [4.78, 5) is 22.8. The molecular weight excluding hydrogens is 392 g/mol. The fraction of sp³-hybridized carbons (Fsp3) is 0.846. The highest BCUT2D eigenvalue weighted by Crippen LogP contribution is 2.67. The first-order chi connectivity index (χ1) is 14.5. The van der Waals surface area contributed by atoms with E-state index in [1.165, 1.54) is 25.8 Å². The standard InChI is InChI=1S/C26H40O5/c1-16(27)30-15-26(5,29)23-9-8-21-20-7-6-18-14-19(31-17(2)28)10-12-24(18,3)22(20)11-13-25(21,23)4/h6,19-23,29H,7-15H2,1-5H3/t19-,20-,21-,22-,23-,24-,25-,26-/m0/s1. The van der Waals surface area contributed by atoms with Crippen LogP contribution in [-0.4, -0.2) is 35.4 Å². The lowest BCUT2D eigenvalue weighted by molar-refractivity contribution is -0.159. The van der Waals surface area contributed by atoms with E-state index in [0.717, 1.165) is 44.9 Å². The molecule has 3 fully saturated rings. The molecular formula is C26H40O5. The van der Waals surface area contributed by atoms with E-state index < -0.39 is 5.60 Å². The summed E-state index contributed by atoms with van der Waals surface area (Å²) in [6, 6.07) is 0. The van der Waals surface area contributed by atoms with Crippen LogP contribution >= 0.6 is 0 Å². The maximum Gasteiger partial charge on any atom is 0.302 e. The number of fused-ring (bicyclic) bond motifs is 5. The number of hydrogen-bond acceptors (Lipinski definition) is 5. The molecule has 3 saturated carbocycles. The highest BCUT2D eigenvalue weighted by molar-refractivity contribution is 5.66. The molecule has 0 amide bonds. The number of ether oxygens (including phenoxy) is 2. The van der Waals surface area contributed by atoms with Gasteiger partial charge >= 0.3 is 11.9 Å². The lowest BCUT2D eigenvalue weighted by Crippen LogP contribution is -2.54. The Morgan fingerprint density at radius 3 is 2.52 bits per heavy atom. The molecule has 174 valence electrons. The maximum absolute atomic E-state index is 11.4. The Morgan fingerprint density at radius 2 is 1.84 bits per heavy atom. The first-order valence-corrected chi connectivity index (χ1v) is 12.2. The van der Waals surface area contributed by atoms with Gasteiger partial charge in [-0.2, -0.15) is 0 Å². The number of carbonyl (C=O) groups is 2. The van der Waals surface area contributed by atoms with Crippen molar-refractivity contribution in [1.29, 1.82) is 0 Å². The Morgan fingerprint density at radius 1 is 1.10 bits per heavy atom. The van der Waals surface area contributed by atoms with Gasteiger partial charge in [-0.15, -0.1) is 0 Å². The minimum atomic E-state index is -0.982. The van der Waals surface area contributed by atoms with E-state index >= 15 is 0 Å². The van der Waals surface area contributed by atoms with Crippen molar-refractivity contribution in [1.82, 2.24) is 0 Å². The molecule has 1 N–H and O–H groups in total. The Balaban J connectivity index is 1.54. The van der Waals surface area contributed by atoms with Crippen molar-refractivity contribution in [3.8, 4) is 0 Å². The van der Waals surface area contributed by atoms with Gasteiger partial charge in [0.15, 0.2) is 0 Å². The Labute approximate surface area is 186 Å². The van der Waals surface area contributed by atoms with Crippen molar-refractivity contribution in [2.24, 2.45) is 34.5 Å². The van der Waals surface area contributed by atoms with Crippen LogP contribution < -0.4 is 0 Å². The molecule has 0 bridgehead atoms. The molecule has 4 aliphatic carbocycles. The smallest absolute Gasteiger partial charge is 0.302 e.